The van der Waals surface area contributed by atoms with Crippen molar-refractivity contribution in [2.24, 2.45) is 0 Å². The summed E-state index contributed by atoms with van der Waals surface area (Å²) >= 11 is 0. The number of halogens is 3. The Morgan fingerprint density at radius 3 is 2.53 bits per heavy atom. The number of alkyl halides is 3. The van der Waals surface area contributed by atoms with Crippen molar-refractivity contribution in [2.45, 2.75) is 13.1 Å². The molecule has 0 aliphatic rings. The van der Waals surface area contributed by atoms with Crippen molar-refractivity contribution in [2.75, 3.05) is 0 Å². The summed E-state index contributed by atoms with van der Waals surface area (Å²) in [5.41, 5.74) is 0.988. The smallest absolute Gasteiger partial charge is 0.449 e. The molecule has 2 heterocycles. The number of hydrogen-bond donors (Lipinski definition) is 0. The number of oxazole rings is 1. The zero-order chi connectivity index (χ0) is 12.2. The van der Waals surface area contributed by atoms with Crippen LogP contribution in [0.1, 0.15) is 11.7 Å². The summed E-state index contributed by atoms with van der Waals surface area (Å²) in [6.45, 7) is 1.64. The largest absolute Gasteiger partial charge is 0.451 e. The number of rotatable bonds is 0. The van der Waals surface area contributed by atoms with Gasteiger partial charge in [-0.05, 0) is 18.2 Å². The van der Waals surface area contributed by atoms with Crippen LogP contribution in [0.25, 0.3) is 22.1 Å². The first-order valence-corrected chi connectivity index (χ1v) is 4.82. The van der Waals surface area contributed by atoms with E-state index in [0.29, 0.717) is 22.4 Å². The van der Waals surface area contributed by atoms with Crippen molar-refractivity contribution in [1.29, 1.82) is 0 Å². The molecule has 0 bridgehead atoms. The Morgan fingerprint density at radius 1 is 1.12 bits per heavy atom. The molecule has 0 unspecified atom stereocenters. The van der Waals surface area contributed by atoms with E-state index in [9.17, 15) is 13.2 Å². The Morgan fingerprint density at radius 2 is 1.82 bits per heavy atom. The van der Waals surface area contributed by atoms with Crippen LogP contribution >= 0.6 is 0 Å². The van der Waals surface area contributed by atoms with Crippen molar-refractivity contribution >= 4 is 22.1 Å². The fourth-order valence-electron chi connectivity index (χ4n) is 1.75. The Kier molecular flexibility index (Phi) is 1.81. The third kappa shape index (κ3) is 1.48. The molecule has 0 saturated heterocycles. The summed E-state index contributed by atoms with van der Waals surface area (Å²) in [7, 11) is 0. The highest BCUT2D eigenvalue weighted by atomic mass is 19.4. The molecule has 3 aromatic rings. The first-order chi connectivity index (χ1) is 7.95. The van der Waals surface area contributed by atoms with E-state index >= 15 is 0 Å². The lowest BCUT2D eigenvalue weighted by Crippen LogP contribution is -2.01. The minimum atomic E-state index is -4.50. The molecule has 3 nitrogen and oxygen atoms in total. The maximum atomic E-state index is 12.5. The predicted molar refractivity (Wildman–Crippen MR) is 53.5 cm³/mol. The van der Waals surface area contributed by atoms with Crippen molar-refractivity contribution < 1.29 is 22.0 Å². The van der Waals surface area contributed by atoms with Crippen LogP contribution in [-0.4, -0.2) is 4.98 Å². The standard InChI is InChI=1S/C11H6F3NO2/c1-5-15-10-6-4-9(11(12,13)14)17-7(6)2-3-8(10)16-5/h2-4H,1H3. The highest BCUT2D eigenvalue weighted by Crippen LogP contribution is 2.36. The number of fused-ring (bicyclic) bond motifs is 3. The lowest BCUT2D eigenvalue weighted by Gasteiger charge is -1.98. The molecule has 0 atom stereocenters. The SMILES string of the molecule is Cc1nc2c(ccc3oc(C(F)(F)F)cc32)o1. The maximum Gasteiger partial charge on any atom is 0.449 e. The third-order valence-corrected chi connectivity index (χ3v) is 2.44. The van der Waals surface area contributed by atoms with Crippen LogP contribution in [0.15, 0.2) is 27.0 Å². The fourth-order valence-corrected chi connectivity index (χ4v) is 1.75. The van der Waals surface area contributed by atoms with Crippen molar-refractivity contribution in [3.05, 3.63) is 29.9 Å². The number of hydrogen-bond acceptors (Lipinski definition) is 3. The molecular formula is C11H6F3NO2. The van der Waals surface area contributed by atoms with E-state index in [1.807, 2.05) is 0 Å². The van der Waals surface area contributed by atoms with Gasteiger partial charge in [0, 0.05) is 6.92 Å². The van der Waals surface area contributed by atoms with Crippen LogP contribution in [0.4, 0.5) is 13.2 Å². The van der Waals surface area contributed by atoms with E-state index in [1.165, 1.54) is 6.07 Å². The van der Waals surface area contributed by atoms with Gasteiger partial charge >= 0.3 is 6.18 Å². The first-order valence-electron chi connectivity index (χ1n) is 4.82. The van der Waals surface area contributed by atoms with E-state index in [1.54, 1.807) is 13.0 Å². The van der Waals surface area contributed by atoms with Gasteiger partial charge in [-0.1, -0.05) is 0 Å². The van der Waals surface area contributed by atoms with Crippen molar-refractivity contribution in [1.82, 2.24) is 4.98 Å². The second-order valence-corrected chi connectivity index (χ2v) is 3.67. The normalized spacial score (nSPS) is 12.7. The molecule has 0 spiro atoms. The topological polar surface area (TPSA) is 39.2 Å². The predicted octanol–water partition coefficient (Wildman–Crippen LogP) is 3.90. The van der Waals surface area contributed by atoms with Crippen molar-refractivity contribution in [3.63, 3.8) is 0 Å². The number of aromatic nitrogens is 1. The molecule has 88 valence electrons. The van der Waals surface area contributed by atoms with Crippen LogP contribution in [-0.2, 0) is 6.18 Å². The molecule has 0 radical (unpaired) electrons. The van der Waals surface area contributed by atoms with Crippen molar-refractivity contribution in [3.8, 4) is 0 Å². The average molecular weight is 241 g/mol. The molecule has 3 rings (SSSR count). The number of benzene rings is 1. The van der Waals surface area contributed by atoms with Gasteiger partial charge in [0.05, 0.1) is 5.39 Å². The molecular weight excluding hydrogens is 235 g/mol. The summed E-state index contributed by atoms with van der Waals surface area (Å²) in [6.07, 6.45) is -4.50. The Bertz CT molecular complexity index is 708. The average Bonchev–Trinajstić information content (AvgIpc) is 2.76. The number of aryl methyl sites for hydroxylation is 1. The molecule has 2 aromatic heterocycles. The summed E-state index contributed by atoms with van der Waals surface area (Å²) in [5.74, 6) is -0.622. The molecule has 17 heavy (non-hydrogen) atoms. The van der Waals surface area contributed by atoms with E-state index in [-0.39, 0.29) is 5.58 Å². The molecule has 0 amide bonds. The minimum absolute atomic E-state index is 0.151. The summed E-state index contributed by atoms with van der Waals surface area (Å²) in [4.78, 5) is 4.04. The van der Waals surface area contributed by atoms with Gasteiger partial charge in [-0.15, -0.1) is 0 Å². The van der Waals surface area contributed by atoms with E-state index in [2.05, 4.69) is 4.98 Å². The maximum absolute atomic E-state index is 12.5. The summed E-state index contributed by atoms with van der Waals surface area (Å²) in [6, 6.07) is 3.93. The molecule has 1 aromatic carbocycles. The third-order valence-electron chi connectivity index (χ3n) is 2.44. The second kappa shape index (κ2) is 3.03. The van der Waals surface area contributed by atoms with Gasteiger partial charge in [0.25, 0.3) is 0 Å². The quantitative estimate of drug-likeness (QED) is 0.599. The fraction of sp³-hybridized carbons (Fsp3) is 0.182. The molecule has 0 fully saturated rings. The Balaban J connectivity index is 2.38. The van der Waals surface area contributed by atoms with Gasteiger partial charge < -0.3 is 8.83 Å². The number of furan rings is 1. The molecule has 0 aliphatic carbocycles. The molecule has 6 heteroatoms. The molecule has 0 saturated carbocycles. The van der Waals surface area contributed by atoms with Crippen LogP contribution in [0, 0.1) is 6.92 Å². The highest BCUT2D eigenvalue weighted by molar-refractivity contribution is 6.01. The van der Waals surface area contributed by atoms with Crippen LogP contribution in [0.5, 0.6) is 0 Å². The first kappa shape index (κ1) is 10.2. The number of nitrogens with zero attached hydrogens (tertiary/aromatic N) is 1. The van der Waals surface area contributed by atoms with Gasteiger partial charge in [-0.3, -0.25) is 0 Å². The van der Waals surface area contributed by atoms with Gasteiger partial charge in [-0.2, -0.15) is 13.2 Å². The van der Waals surface area contributed by atoms with Gasteiger partial charge in [0.1, 0.15) is 11.1 Å². The van der Waals surface area contributed by atoms with E-state index in [0.717, 1.165) is 6.07 Å². The Labute approximate surface area is 92.8 Å². The lowest BCUT2D eigenvalue weighted by atomic mass is 10.2. The Hall–Kier alpha value is -1.98. The molecule has 0 aliphatic heterocycles. The van der Waals surface area contributed by atoms with Crippen LogP contribution in [0.3, 0.4) is 0 Å². The monoisotopic (exact) mass is 241 g/mol. The second-order valence-electron chi connectivity index (χ2n) is 3.67. The zero-order valence-electron chi connectivity index (χ0n) is 8.63. The van der Waals surface area contributed by atoms with Gasteiger partial charge in [-0.25, -0.2) is 4.98 Å². The highest BCUT2D eigenvalue weighted by Gasteiger charge is 2.35. The zero-order valence-corrected chi connectivity index (χ0v) is 8.63. The van der Waals surface area contributed by atoms with E-state index in [4.69, 9.17) is 8.83 Å². The summed E-state index contributed by atoms with van der Waals surface area (Å²) in [5, 5.41) is 0.312. The summed E-state index contributed by atoms with van der Waals surface area (Å²) < 4.78 is 47.5. The minimum Gasteiger partial charge on any atom is -0.451 e. The lowest BCUT2D eigenvalue weighted by molar-refractivity contribution is -0.152. The van der Waals surface area contributed by atoms with E-state index < -0.39 is 11.9 Å². The van der Waals surface area contributed by atoms with Gasteiger partial charge in [0.2, 0.25) is 5.76 Å². The van der Waals surface area contributed by atoms with Crippen LogP contribution in [0.2, 0.25) is 0 Å². The van der Waals surface area contributed by atoms with Crippen LogP contribution < -0.4 is 0 Å². The molecule has 0 N–H and O–H groups in total. The van der Waals surface area contributed by atoms with Gasteiger partial charge in [0.15, 0.2) is 11.5 Å².